The standard InChI is InChI=1S/C14H21NO.ClH/c1-6-15(5)14(3,4)13(16)12-10-8-7-9-11(12)2;/h7-10H,6H2,1-5H3;1H. The van der Waals surface area contributed by atoms with Crippen LogP contribution in [0.4, 0.5) is 0 Å². The Kier molecular flexibility index (Phi) is 5.86. The van der Waals surface area contributed by atoms with Crippen LogP contribution in [0, 0.1) is 6.92 Å². The Balaban J connectivity index is 0.00000256. The van der Waals surface area contributed by atoms with E-state index in [0.717, 1.165) is 17.7 Å². The number of hydrogen-bond acceptors (Lipinski definition) is 2. The summed E-state index contributed by atoms with van der Waals surface area (Å²) in [6.45, 7) is 8.86. The average molecular weight is 256 g/mol. The second kappa shape index (κ2) is 6.18. The van der Waals surface area contributed by atoms with E-state index in [1.807, 2.05) is 52.1 Å². The third kappa shape index (κ3) is 3.30. The molecule has 0 N–H and O–H groups in total. The molecule has 0 spiro atoms. The van der Waals surface area contributed by atoms with Crippen molar-refractivity contribution in [2.75, 3.05) is 13.6 Å². The van der Waals surface area contributed by atoms with Crippen molar-refractivity contribution in [3.63, 3.8) is 0 Å². The second-order valence-corrected chi connectivity index (χ2v) is 4.72. The fourth-order valence-corrected chi connectivity index (χ4v) is 1.73. The molecule has 1 aromatic carbocycles. The summed E-state index contributed by atoms with van der Waals surface area (Å²) in [5.41, 5.74) is 1.43. The van der Waals surface area contributed by atoms with Crippen LogP contribution < -0.4 is 0 Å². The van der Waals surface area contributed by atoms with Crippen LogP contribution in [0.15, 0.2) is 24.3 Å². The highest BCUT2D eigenvalue weighted by Gasteiger charge is 2.32. The van der Waals surface area contributed by atoms with E-state index in [1.54, 1.807) is 0 Å². The molecular formula is C14H22ClNO. The lowest BCUT2D eigenvalue weighted by Gasteiger charge is -2.33. The molecule has 2 nitrogen and oxygen atoms in total. The van der Waals surface area contributed by atoms with Crippen LogP contribution in [-0.2, 0) is 0 Å². The average Bonchev–Trinajstić information content (AvgIpc) is 2.27. The SMILES string of the molecule is CCN(C)C(C)(C)C(=O)c1ccccc1C.Cl. The van der Waals surface area contributed by atoms with E-state index < -0.39 is 5.54 Å². The third-order valence-corrected chi connectivity index (χ3v) is 3.37. The van der Waals surface area contributed by atoms with Crippen molar-refractivity contribution in [3.05, 3.63) is 35.4 Å². The Morgan fingerprint density at radius 1 is 1.29 bits per heavy atom. The molecular weight excluding hydrogens is 234 g/mol. The quantitative estimate of drug-likeness (QED) is 0.770. The molecule has 1 rings (SSSR count). The van der Waals surface area contributed by atoms with E-state index in [1.165, 1.54) is 0 Å². The summed E-state index contributed by atoms with van der Waals surface area (Å²) in [5, 5.41) is 0. The van der Waals surface area contributed by atoms with Crippen LogP contribution in [0.2, 0.25) is 0 Å². The Morgan fingerprint density at radius 2 is 1.82 bits per heavy atom. The number of benzene rings is 1. The lowest BCUT2D eigenvalue weighted by molar-refractivity contribution is 0.0717. The van der Waals surface area contributed by atoms with Crippen LogP contribution >= 0.6 is 12.4 Å². The molecule has 0 aliphatic carbocycles. The van der Waals surface area contributed by atoms with Gasteiger partial charge in [0, 0.05) is 5.56 Å². The number of hydrogen-bond donors (Lipinski definition) is 0. The van der Waals surface area contributed by atoms with Gasteiger partial charge in [-0.1, -0.05) is 31.2 Å². The van der Waals surface area contributed by atoms with Gasteiger partial charge in [-0.2, -0.15) is 0 Å². The molecule has 0 heterocycles. The van der Waals surface area contributed by atoms with Crippen molar-refractivity contribution < 1.29 is 4.79 Å². The van der Waals surface area contributed by atoms with Crippen LogP contribution in [-0.4, -0.2) is 29.8 Å². The van der Waals surface area contributed by atoms with E-state index in [2.05, 4.69) is 11.8 Å². The van der Waals surface area contributed by atoms with E-state index in [4.69, 9.17) is 0 Å². The maximum absolute atomic E-state index is 12.4. The number of ketones is 1. The highest BCUT2D eigenvalue weighted by Crippen LogP contribution is 2.21. The van der Waals surface area contributed by atoms with Crippen molar-refractivity contribution in [3.8, 4) is 0 Å². The normalized spacial score (nSPS) is 11.2. The molecule has 1 aromatic rings. The monoisotopic (exact) mass is 255 g/mol. The lowest BCUT2D eigenvalue weighted by Crippen LogP contribution is -2.48. The molecule has 0 fully saturated rings. The molecule has 17 heavy (non-hydrogen) atoms. The number of carbonyl (C=O) groups is 1. The molecule has 0 radical (unpaired) electrons. The predicted octanol–water partition coefficient (Wildman–Crippen LogP) is 3.33. The zero-order valence-corrected chi connectivity index (χ0v) is 12.1. The zero-order valence-electron chi connectivity index (χ0n) is 11.3. The number of nitrogens with zero attached hydrogens (tertiary/aromatic N) is 1. The maximum atomic E-state index is 12.4. The molecule has 0 bridgehead atoms. The number of halogens is 1. The van der Waals surface area contributed by atoms with Gasteiger partial charge in [0.2, 0.25) is 0 Å². The van der Waals surface area contributed by atoms with Gasteiger partial charge in [-0.05, 0) is 39.9 Å². The number of Topliss-reactive ketones (excluding diaryl/α,β-unsaturated/α-hetero) is 1. The molecule has 96 valence electrons. The Morgan fingerprint density at radius 3 is 2.29 bits per heavy atom. The minimum absolute atomic E-state index is 0. The van der Waals surface area contributed by atoms with Gasteiger partial charge in [-0.15, -0.1) is 12.4 Å². The summed E-state index contributed by atoms with van der Waals surface area (Å²) in [4.78, 5) is 14.5. The molecule has 0 atom stereocenters. The second-order valence-electron chi connectivity index (χ2n) is 4.72. The summed E-state index contributed by atoms with van der Waals surface area (Å²) >= 11 is 0. The molecule has 0 aliphatic heterocycles. The molecule has 3 heteroatoms. The third-order valence-electron chi connectivity index (χ3n) is 3.37. The van der Waals surface area contributed by atoms with E-state index in [9.17, 15) is 4.79 Å². The van der Waals surface area contributed by atoms with Gasteiger partial charge in [-0.25, -0.2) is 0 Å². The van der Waals surface area contributed by atoms with Crippen LogP contribution in [0.5, 0.6) is 0 Å². The van der Waals surface area contributed by atoms with Crippen LogP contribution in [0.1, 0.15) is 36.7 Å². The maximum Gasteiger partial charge on any atom is 0.182 e. The number of rotatable bonds is 4. The summed E-state index contributed by atoms with van der Waals surface area (Å²) < 4.78 is 0. The zero-order chi connectivity index (χ0) is 12.3. The Hall–Kier alpha value is -0.860. The molecule has 0 aromatic heterocycles. The van der Waals surface area contributed by atoms with Gasteiger partial charge < -0.3 is 0 Å². The molecule has 0 saturated heterocycles. The minimum atomic E-state index is -0.444. The van der Waals surface area contributed by atoms with Gasteiger partial charge in [0.1, 0.15) is 0 Å². The van der Waals surface area contributed by atoms with Crippen molar-refractivity contribution in [1.82, 2.24) is 4.90 Å². The smallest absolute Gasteiger partial charge is 0.182 e. The summed E-state index contributed by atoms with van der Waals surface area (Å²) in [7, 11) is 1.98. The van der Waals surface area contributed by atoms with Crippen molar-refractivity contribution in [2.45, 2.75) is 33.2 Å². The predicted molar refractivity (Wildman–Crippen MR) is 75.1 cm³/mol. The Labute approximate surface area is 110 Å². The highest BCUT2D eigenvalue weighted by molar-refractivity contribution is 6.03. The lowest BCUT2D eigenvalue weighted by atomic mass is 9.89. The first-order valence-corrected chi connectivity index (χ1v) is 5.73. The van der Waals surface area contributed by atoms with Gasteiger partial charge in [0.25, 0.3) is 0 Å². The minimum Gasteiger partial charge on any atom is -0.295 e. The van der Waals surface area contributed by atoms with Gasteiger partial charge in [-0.3, -0.25) is 9.69 Å². The number of carbonyl (C=O) groups excluding carboxylic acids is 1. The first-order chi connectivity index (χ1) is 7.41. The summed E-state index contributed by atoms with van der Waals surface area (Å²) in [6.07, 6.45) is 0. The molecule has 0 unspecified atom stereocenters. The van der Waals surface area contributed by atoms with Crippen LogP contribution in [0.3, 0.4) is 0 Å². The highest BCUT2D eigenvalue weighted by atomic mass is 35.5. The largest absolute Gasteiger partial charge is 0.295 e. The molecule has 0 aliphatic rings. The van der Waals surface area contributed by atoms with Gasteiger partial charge in [0.05, 0.1) is 5.54 Å². The molecule has 0 amide bonds. The topological polar surface area (TPSA) is 20.3 Å². The van der Waals surface area contributed by atoms with Gasteiger partial charge >= 0.3 is 0 Å². The van der Waals surface area contributed by atoms with Crippen molar-refractivity contribution >= 4 is 18.2 Å². The van der Waals surface area contributed by atoms with E-state index in [-0.39, 0.29) is 18.2 Å². The fraction of sp³-hybridized carbons (Fsp3) is 0.500. The van der Waals surface area contributed by atoms with Crippen molar-refractivity contribution in [1.29, 1.82) is 0 Å². The van der Waals surface area contributed by atoms with Crippen molar-refractivity contribution in [2.24, 2.45) is 0 Å². The number of likely N-dealkylation sites (N-methyl/N-ethyl adjacent to an activating group) is 1. The first-order valence-electron chi connectivity index (χ1n) is 5.73. The first kappa shape index (κ1) is 16.1. The van der Waals surface area contributed by atoms with E-state index >= 15 is 0 Å². The summed E-state index contributed by atoms with van der Waals surface area (Å²) in [6, 6.07) is 7.77. The fourth-order valence-electron chi connectivity index (χ4n) is 1.73. The summed E-state index contributed by atoms with van der Waals surface area (Å²) in [5.74, 6) is 0.190. The number of aryl methyl sites for hydroxylation is 1. The Bertz CT molecular complexity index is 388. The van der Waals surface area contributed by atoms with E-state index in [0.29, 0.717) is 0 Å². The van der Waals surface area contributed by atoms with Crippen LogP contribution in [0.25, 0.3) is 0 Å². The molecule has 0 saturated carbocycles. The van der Waals surface area contributed by atoms with Gasteiger partial charge in [0.15, 0.2) is 5.78 Å².